The molecule has 1 aliphatic rings. The second-order valence-electron chi connectivity index (χ2n) is 6.02. The van der Waals surface area contributed by atoms with Crippen LogP contribution in [-0.4, -0.2) is 61.7 Å². The van der Waals surface area contributed by atoms with E-state index >= 15 is 0 Å². The van der Waals surface area contributed by atoms with Crippen LogP contribution in [0.5, 0.6) is 0 Å². The molecule has 1 aromatic heterocycles. The Morgan fingerprint density at radius 2 is 2.32 bits per heavy atom. The number of hydrogen-bond donors (Lipinski definition) is 3. The third kappa shape index (κ3) is 8.87. The number of guanidine groups is 1. The van der Waals surface area contributed by atoms with Gasteiger partial charge in [0.1, 0.15) is 0 Å². The van der Waals surface area contributed by atoms with E-state index in [0.717, 1.165) is 76.8 Å². The second kappa shape index (κ2) is 13.3. The maximum Gasteiger partial charge on any atom is 0.191 e. The van der Waals surface area contributed by atoms with Gasteiger partial charge in [-0.1, -0.05) is 0 Å². The van der Waals surface area contributed by atoms with Crippen LogP contribution < -0.4 is 10.6 Å². The van der Waals surface area contributed by atoms with Gasteiger partial charge in [0.05, 0.1) is 18.9 Å². The topological polar surface area (TPSA) is 83.6 Å². The Balaban J connectivity index is 0.00000312. The van der Waals surface area contributed by atoms with Gasteiger partial charge >= 0.3 is 0 Å². The third-order valence-corrected chi connectivity index (χ3v) is 4.01. The molecule has 2 heterocycles. The molecule has 7 nitrogen and oxygen atoms in total. The first-order valence-corrected chi connectivity index (χ1v) is 9.00. The molecule has 1 aliphatic heterocycles. The minimum atomic E-state index is 0. The number of hydrogen-bond acceptors (Lipinski definition) is 4. The van der Waals surface area contributed by atoms with E-state index in [-0.39, 0.29) is 24.0 Å². The Labute approximate surface area is 167 Å². The van der Waals surface area contributed by atoms with Crippen molar-refractivity contribution in [2.75, 3.05) is 39.5 Å². The van der Waals surface area contributed by atoms with E-state index in [1.807, 2.05) is 6.20 Å². The molecule has 0 saturated carbocycles. The summed E-state index contributed by atoms with van der Waals surface area (Å²) in [6.45, 7) is 9.00. The molecule has 0 bridgehead atoms. The average Bonchev–Trinajstić information content (AvgIpc) is 3.23. The number of aryl methyl sites for hydroxylation is 2. The summed E-state index contributed by atoms with van der Waals surface area (Å²) < 4.78 is 11.1. The maximum absolute atomic E-state index is 5.76. The highest BCUT2D eigenvalue weighted by Crippen LogP contribution is 2.08. The van der Waals surface area contributed by atoms with Crippen molar-refractivity contribution >= 4 is 29.9 Å². The summed E-state index contributed by atoms with van der Waals surface area (Å²) in [4.78, 5) is 4.62. The van der Waals surface area contributed by atoms with E-state index in [4.69, 9.17) is 9.47 Å². The molecule has 1 saturated heterocycles. The number of aromatic nitrogens is 2. The standard InChI is InChI=1S/C17H31N5O2.HI/c1-3-18-17(19-8-4-6-15-12-21-22-14(15)2)20-9-5-10-24-16-7-11-23-13-16;/h12,16H,3-11,13H2,1-2H3,(H,21,22)(H2,18,19,20);1H. The summed E-state index contributed by atoms with van der Waals surface area (Å²) in [6, 6.07) is 0. The fourth-order valence-corrected chi connectivity index (χ4v) is 2.60. The molecule has 1 unspecified atom stereocenters. The van der Waals surface area contributed by atoms with E-state index in [1.165, 1.54) is 5.56 Å². The van der Waals surface area contributed by atoms with E-state index in [1.54, 1.807) is 0 Å². The van der Waals surface area contributed by atoms with Gasteiger partial charge in [-0.3, -0.25) is 10.1 Å². The lowest BCUT2D eigenvalue weighted by atomic mass is 10.1. The normalized spacial score (nSPS) is 17.4. The second-order valence-corrected chi connectivity index (χ2v) is 6.02. The maximum atomic E-state index is 5.76. The van der Waals surface area contributed by atoms with E-state index in [9.17, 15) is 0 Å². The Kier molecular flexibility index (Phi) is 11.8. The molecule has 1 atom stereocenters. The van der Waals surface area contributed by atoms with Crippen molar-refractivity contribution in [2.24, 2.45) is 4.99 Å². The van der Waals surface area contributed by atoms with Gasteiger partial charge in [-0.25, -0.2) is 0 Å². The van der Waals surface area contributed by atoms with Crippen LogP contribution in [0.15, 0.2) is 11.2 Å². The summed E-state index contributed by atoms with van der Waals surface area (Å²) >= 11 is 0. The molecule has 1 fully saturated rings. The van der Waals surface area contributed by atoms with Crippen LogP contribution in [0, 0.1) is 6.92 Å². The lowest BCUT2D eigenvalue weighted by molar-refractivity contribution is 0.0420. The molecule has 0 spiro atoms. The highest BCUT2D eigenvalue weighted by atomic mass is 127. The number of ether oxygens (including phenoxy) is 2. The Morgan fingerprint density at radius 1 is 1.44 bits per heavy atom. The molecular formula is C17H32IN5O2. The minimum Gasteiger partial charge on any atom is -0.379 e. The Morgan fingerprint density at radius 3 is 3.00 bits per heavy atom. The van der Waals surface area contributed by atoms with Gasteiger partial charge in [-0.2, -0.15) is 5.10 Å². The van der Waals surface area contributed by atoms with E-state index in [2.05, 4.69) is 39.7 Å². The van der Waals surface area contributed by atoms with Crippen molar-refractivity contribution in [2.45, 2.75) is 45.6 Å². The van der Waals surface area contributed by atoms with Crippen molar-refractivity contribution in [1.29, 1.82) is 0 Å². The summed E-state index contributed by atoms with van der Waals surface area (Å²) in [5.74, 6) is 0.880. The van der Waals surface area contributed by atoms with Crippen LogP contribution in [0.2, 0.25) is 0 Å². The molecule has 3 N–H and O–H groups in total. The minimum absolute atomic E-state index is 0. The first-order valence-electron chi connectivity index (χ1n) is 9.00. The van der Waals surface area contributed by atoms with Crippen molar-refractivity contribution < 1.29 is 9.47 Å². The van der Waals surface area contributed by atoms with Gasteiger partial charge in [0.2, 0.25) is 0 Å². The molecule has 144 valence electrons. The largest absolute Gasteiger partial charge is 0.379 e. The zero-order valence-electron chi connectivity index (χ0n) is 15.3. The summed E-state index contributed by atoms with van der Waals surface area (Å²) in [6.07, 6.45) is 6.20. The fourth-order valence-electron chi connectivity index (χ4n) is 2.60. The number of aliphatic imine (C=N–C) groups is 1. The summed E-state index contributed by atoms with van der Waals surface area (Å²) in [5, 5.41) is 13.7. The highest BCUT2D eigenvalue weighted by Gasteiger charge is 2.15. The van der Waals surface area contributed by atoms with Crippen LogP contribution in [0.25, 0.3) is 0 Å². The van der Waals surface area contributed by atoms with Crippen molar-refractivity contribution in [3.8, 4) is 0 Å². The van der Waals surface area contributed by atoms with Gasteiger partial charge in [0.15, 0.2) is 5.96 Å². The monoisotopic (exact) mass is 465 g/mol. The number of aromatic amines is 1. The van der Waals surface area contributed by atoms with Gasteiger partial charge < -0.3 is 20.1 Å². The number of rotatable bonds is 10. The molecule has 2 rings (SSSR count). The van der Waals surface area contributed by atoms with Gasteiger partial charge in [-0.05, 0) is 45.1 Å². The quantitative estimate of drug-likeness (QED) is 0.213. The smallest absolute Gasteiger partial charge is 0.191 e. The first kappa shape index (κ1) is 22.2. The zero-order chi connectivity index (χ0) is 17.0. The third-order valence-electron chi connectivity index (χ3n) is 4.01. The van der Waals surface area contributed by atoms with Crippen LogP contribution in [0.4, 0.5) is 0 Å². The van der Waals surface area contributed by atoms with E-state index < -0.39 is 0 Å². The van der Waals surface area contributed by atoms with Crippen LogP contribution >= 0.6 is 24.0 Å². The average molecular weight is 465 g/mol. The Bertz CT molecular complexity index is 489. The van der Waals surface area contributed by atoms with Crippen LogP contribution in [0.3, 0.4) is 0 Å². The molecule has 0 radical (unpaired) electrons. The predicted octanol–water partition coefficient (Wildman–Crippen LogP) is 2.02. The molecule has 1 aromatic rings. The van der Waals surface area contributed by atoms with Gasteiger partial charge in [0, 0.05) is 38.5 Å². The van der Waals surface area contributed by atoms with Gasteiger partial charge in [-0.15, -0.1) is 24.0 Å². The number of halogens is 1. The molecule has 25 heavy (non-hydrogen) atoms. The lowest BCUT2D eigenvalue weighted by Gasteiger charge is -2.13. The number of H-pyrrole nitrogens is 1. The summed E-state index contributed by atoms with van der Waals surface area (Å²) in [5.41, 5.74) is 2.42. The lowest BCUT2D eigenvalue weighted by Crippen LogP contribution is -2.38. The van der Waals surface area contributed by atoms with Crippen molar-refractivity contribution in [3.63, 3.8) is 0 Å². The molecule has 0 aliphatic carbocycles. The number of nitrogens with one attached hydrogen (secondary N) is 3. The first-order chi connectivity index (χ1) is 11.8. The highest BCUT2D eigenvalue weighted by molar-refractivity contribution is 14.0. The SMILES string of the molecule is CCNC(=NCCCc1cn[nH]c1C)NCCCOC1CCOC1.I. The molecular weight excluding hydrogens is 433 g/mol. The number of nitrogens with zero attached hydrogens (tertiary/aromatic N) is 2. The molecule has 0 aromatic carbocycles. The van der Waals surface area contributed by atoms with Crippen molar-refractivity contribution in [1.82, 2.24) is 20.8 Å². The van der Waals surface area contributed by atoms with E-state index in [0.29, 0.717) is 6.10 Å². The summed E-state index contributed by atoms with van der Waals surface area (Å²) in [7, 11) is 0. The fraction of sp³-hybridized carbons (Fsp3) is 0.765. The van der Waals surface area contributed by atoms with Crippen molar-refractivity contribution in [3.05, 3.63) is 17.5 Å². The molecule has 8 heteroatoms. The van der Waals surface area contributed by atoms with Crippen LogP contribution in [0.1, 0.15) is 37.4 Å². The molecule has 0 amide bonds. The van der Waals surface area contributed by atoms with Gasteiger partial charge in [0.25, 0.3) is 0 Å². The zero-order valence-corrected chi connectivity index (χ0v) is 17.7. The van der Waals surface area contributed by atoms with Crippen LogP contribution in [-0.2, 0) is 15.9 Å². The predicted molar refractivity (Wildman–Crippen MR) is 111 cm³/mol. The Hall–Kier alpha value is -0.870.